The van der Waals surface area contributed by atoms with Gasteiger partial charge in [0.1, 0.15) is 0 Å². The van der Waals surface area contributed by atoms with E-state index >= 15 is 0 Å². The maximum atomic E-state index is 9.08. The molecule has 2 unspecified atom stereocenters. The summed E-state index contributed by atoms with van der Waals surface area (Å²) in [6.07, 6.45) is 2.50. The van der Waals surface area contributed by atoms with Crippen LogP contribution in [0.4, 0.5) is 0 Å². The van der Waals surface area contributed by atoms with E-state index < -0.39 is 0 Å². The number of hydrogen-bond acceptors (Lipinski definition) is 3. The van der Waals surface area contributed by atoms with Crippen LogP contribution in [-0.4, -0.2) is 35.7 Å². The van der Waals surface area contributed by atoms with Crippen LogP contribution in [0.25, 0.3) is 0 Å². The molecule has 1 fully saturated rings. The molecule has 1 heterocycles. The van der Waals surface area contributed by atoms with Crippen LogP contribution < -0.4 is 5.32 Å². The topological polar surface area (TPSA) is 35.5 Å². The molecule has 2 atom stereocenters. The van der Waals surface area contributed by atoms with Crippen LogP contribution in [0.15, 0.2) is 24.3 Å². The highest BCUT2D eigenvalue weighted by Crippen LogP contribution is 2.22. The summed E-state index contributed by atoms with van der Waals surface area (Å²) in [7, 11) is 0. The molecule has 0 saturated carbocycles. The Morgan fingerprint density at radius 2 is 1.90 bits per heavy atom. The predicted molar refractivity (Wildman–Crippen MR) is 83.5 cm³/mol. The minimum Gasteiger partial charge on any atom is -0.392 e. The first-order chi connectivity index (χ1) is 9.76. The lowest BCUT2D eigenvalue weighted by Crippen LogP contribution is -2.48. The van der Waals surface area contributed by atoms with E-state index in [4.69, 9.17) is 5.11 Å². The molecule has 3 heteroatoms. The van der Waals surface area contributed by atoms with Gasteiger partial charge in [0.25, 0.3) is 0 Å². The summed E-state index contributed by atoms with van der Waals surface area (Å²) in [5.41, 5.74) is 2.34. The van der Waals surface area contributed by atoms with Gasteiger partial charge in [-0.05, 0) is 36.6 Å². The Balaban J connectivity index is 1.90. The first kappa shape index (κ1) is 15.5. The van der Waals surface area contributed by atoms with Crippen molar-refractivity contribution in [2.24, 2.45) is 5.92 Å². The summed E-state index contributed by atoms with van der Waals surface area (Å²) < 4.78 is 0. The SMILES string of the molecule is CCNC1CCN(Cc2ccc(CO)cc2)CC1CC. The number of piperidine rings is 1. The molecule has 0 radical (unpaired) electrons. The average molecular weight is 276 g/mol. The van der Waals surface area contributed by atoms with Crippen molar-refractivity contribution in [3.8, 4) is 0 Å². The fraction of sp³-hybridized carbons (Fsp3) is 0.647. The number of benzene rings is 1. The van der Waals surface area contributed by atoms with Gasteiger partial charge in [0.2, 0.25) is 0 Å². The fourth-order valence-corrected chi connectivity index (χ4v) is 3.20. The van der Waals surface area contributed by atoms with Crippen molar-refractivity contribution in [2.45, 2.75) is 45.9 Å². The number of hydrogen-bond donors (Lipinski definition) is 2. The van der Waals surface area contributed by atoms with Crippen molar-refractivity contribution >= 4 is 0 Å². The third-order valence-corrected chi connectivity index (χ3v) is 4.42. The van der Waals surface area contributed by atoms with E-state index in [1.54, 1.807) is 0 Å². The molecule has 0 bridgehead atoms. The molecule has 0 amide bonds. The van der Waals surface area contributed by atoms with Crippen molar-refractivity contribution < 1.29 is 5.11 Å². The molecule has 0 spiro atoms. The molecule has 3 nitrogen and oxygen atoms in total. The molecule has 1 aromatic rings. The minimum atomic E-state index is 0.131. The molecule has 2 rings (SSSR count). The molecule has 1 aliphatic rings. The maximum absolute atomic E-state index is 9.08. The highest BCUT2D eigenvalue weighted by atomic mass is 16.3. The van der Waals surface area contributed by atoms with Gasteiger partial charge in [-0.2, -0.15) is 0 Å². The highest BCUT2D eigenvalue weighted by Gasteiger charge is 2.27. The summed E-state index contributed by atoms with van der Waals surface area (Å²) in [4.78, 5) is 2.57. The van der Waals surface area contributed by atoms with Crippen LogP contribution in [-0.2, 0) is 13.2 Å². The molecular formula is C17H28N2O. The zero-order chi connectivity index (χ0) is 14.4. The Morgan fingerprint density at radius 1 is 1.20 bits per heavy atom. The van der Waals surface area contributed by atoms with Crippen molar-refractivity contribution in [3.05, 3.63) is 35.4 Å². The number of nitrogens with zero attached hydrogens (tertiary/aromatic N) is 1. The van der Waals surface area contributed by atoms with E-state index in [-0.39, 0.29) is 6.61 Å². The monoisotopic (exact) mass is 276 g/mol. The van der Waals surface area contributed by atoms with E-state index in [1.165, 1.54) is 31.5 Å². The van der Waals surface area contributed by atoms with Crippen molar-refractivity contribution in [2.75, 3.05) is 19.6 Å². The third-order valence-electron chi connectivity index (χ3n) is 4.42. The molecular weight excluding hydrogens is 248 g/mol. The van der Waals surface area contributed by atoms with E-state index in [0.717, 1.165) is 24.6 Å². The van der Waals surface area contributed by atoms with Crippen LogP contribution in [0.1, 0.15) is 37.8 Å². The zero-order valence-electron chi connectivity index (χ0n) is 12.8. The number of aliphatic hydroxyl groups is 1. The summed E-state index contributed by atoms with van der Waals surface area (Å²) in [6, 6.07) is 9.03. The Bertz CT molecular complexity index is 390. The Morgan fingerprint density at radius 3 is 2.50 bits per heavy atom. The maximum Gasteiger partial charge on any atom is 0.0681 e. The van der Waals surface area contributed by atoms with Crippen LogP contribution in [0, 0.1) is 5.92 Å². The molecule has 0 aromatic heterocycles. The molecule has 2 N–H and O–H groups in total. The van der Waals surface area contributed by atoms with Gasteiger partial charge in [0.15, 0.2) is 0 Å². The first-order valence-electron chi connectivity index (χ1n) is 7.91. The average Bonchev–Trinajstić information content (AvgIpc) is 2.50. The van der Waals surface area contributed by atoms with Gasteiger partial charge in [0, 0.05) is 19.1 Å². The van der Waals surface area contributed by atoms with Crippen molar-refractivity contribution in [3.63, 3.8) is 0 Å². The van der Waals surface area contributed by atoms with Crippen LogP contribution in [0.2, 0.25) is 0 Å². The normalized spacial score (nSPS) is 23.9. The first-order valence-corrected chi connectivity index (χ1v) is 7.91. The van der Waals surface area contributed by atoms with E-state index in [1.807, 2.05) is 12.1 Å². The van der Waals surface area contributed by atoms with E-state index in [2.05, 4.69) is 36.2 Å². The molecule has 1 aliphatic heterocycles. The van der Waals surface area contributed by atoms with Crippen molar-refractivity contribution in [1.29, 1.82) is 0 Å². The van der Waals surface area contributed by atoms with Gasteiger partial charge < -0.3 is 10.4 Å². The largest absolute Gasteiger partial charge is 0.392 e. The van der Waals surface area contributed by atoms with Crippen LogP contribution in [0.5, 0.6) is 0 Å². The van der Waals surface area contributed by atoms with Gasteiger partial charge in [-0.1, -0.05) is 44.5 Å². The Hall–Kier alpha value is -0.900. The van der Waals surface area contributed by atoms with Crippen molar-refractivity contribution in [1.82, 2.24) is 10.2 Å². The Kier molecular flexibility index (Phi) is 6.02. The molecule has 112 valence electrons. The predicted octanol–water partition coefficient (Wildman–Crippen LogP) is 2.39. The van der Waals surface area contributed by atoms with Crippen LogP contribution >= 0.6 is 0 Å². The number of nitrogens with one attached hydrogen (secondary N) is 1. The molecule has 1 aromatic carbocycles. The van der Waals surface area contributed by atoms with Crippen LogP contribution in [0.3, 0.4) is 0 Å². The molecule has 1 saturated heterocycles. The second kappa shape index (κ2) is 7.77. The van der Waals surface area contributed by atoms with Gasteiger partial charge in [-0.25, -0.2) is 0 Å². The summed E-state index contributed by atoms with van der Waals surface area (Å²) >= 11 is 0. The smallest absolute Gasteiger partial charge is 0.0681 e. The summed E-state index contributed by atoms with van der Waals surface area (Å²) in [5, 5.41) is 12.7. The number of aliphatic hydroxyl groups excluding tert-OH is 1. The quantitative estimate of drug-likeness (QED) is 0.837. The van der Waals surface area contributed by atoms with E-state index in [9.17, 15) is 0 Å². The zero-order valence-corrected chi connectivity index (χ0v) is 12.8. The second-order valence-electron chi connectivity index (χ2n) is 5.83. The second-order valence-corrected chi connectivity index (χ2v) is 5.83. The van der Waals surface area contributed by atoms with Gasteiger partial charge in [0.05, 0.1) is 6.61 Å². The lowest BCUT2D eigenvalue weighted by Gasteiger charge is -2.38. The number of likely N-dealkylation sites (tertiary alicyclic amines) is 1. The van der Waals surface area contributed by atoms with E-state index in [0.29, 0.717) is 6.04 Å². The minimum absolute atomic E-state index is 0.131. The lowest BCUT2D eigenvalue weighted by atomic mass is 9.89. The standard InChI is InChI=1S/C17H28N2O/c1-3-16-12-19(10-9-17(16)18-4-2)11-14-5-7-15(13-20)8-6-14/h5-8,16-18,20H,3-4,9-13H2,1-2H3. The summed E-state index contributed by atoms with van der Waals surface area (Å²) in [6.45, 7) is 9.10. The summed E-state index contributed by atoms with van der Waals surface area (Å²) in [5.74, 6) is 0.764. The van der Waals surface area contributed by atoms with Gasteiger partial charge in [-0.3, -0.25) is 4.90 Å². The van der Waals surface area contributed by atoms with Gasteiger partial charge in [-0.15, -0.1) is 0 Å². The molecule has 0 aliphatic carbocycles. The lowest BCUT2D eigenvalue weighted by molar-refractivity contribution is 0.129. The highest BCUT2D eigenvalue weighted by molar-refractivity contribution is 5.22. The molecule has 20 heavy (non-hydrogen) atoms. The Labute approximate surface area is 123 Å². The van der Waals surface area contributed by atoms with Gasteiger partial charge >= 0.3 is 0 Å². The third kappa shape index (κ3) is 4.05. The fourth-order valence-electron chi connectivity index (χ4n) is 3.20. The number of rotatable bonds is 6.